The van der Waals surface area contributed by atoms with E-state index in [2.05, 4.69) is 79.1 Å². The summed E-state index contributed by atoms with van der Waals surface area (Å²) in [5, 5.41) is 82.9. The van der Waals surface area contributed by atoms with Gasteiger partial charge in [0.05, 0.1) is 12.1 Å². The predicted molar refractivity (Wildman–Crippen MR) is 463 cm³/mol. The quantitative estimate of drug-likeness (QED) is 0.0165. The number of carbonyl (C=O) groups is 17. The number of guanidine groups is 2. The zero-order chi connectivity index (χ0) is 95.4. The third-order valence-corrected chi connectivity index (χ3v) is 20.2. The maximum absolute atomic E-state index is 14.9. The third kappa shape index (κ3) is 41.9. The topological polar surface area (TPSA) is 758 Å². The van der Waals surface area contributed by atoms with Crippen LogP contribution in [0.25, 0.3) is 0 Å². The van der Waals surface area contributed by atoms with Crippen molar-refractivity contribution in [1.29, 1.82) is 0 Å². The molecule has 45 heteroatoms. The molecular weight excluding hydrogens is 1650 g/mol. The number of carbonyl (C=O) groups excluding carboxylic acids is 14. The number of phenols is 1. The molecular formula is C81H139N23O22. The molecule has 0 aliphatic carbocycles. The van der Waals surface area contributed by atoms with Crippen molar-refractivity contribution in [1.82, 2.24) is 74.0 Å². The van der Waals surface area contributed by atoms with Crippen LogP contribution in [0.2, 0.25) is 0 Å². The second-order valence-electron chi connectivity index (χ2n) is 33.2. The summed E-state index contributed by atoms with van der Waals surface area (Å²) >= 11 is 0. The molecule has 45 nitrogen and oxygen atoms in total. The highest BCUT2D eigenvalue weighted by atomic mass is 16.4. The summed E-state index contributed by atoms with van der Waals surface area (Å²) in [6, 6.07) is -16.3. The zero-order valence-electron chi connectivity index (χ0n) is 74.1. The van der Waals surface area contributed by atoms with Crippen molar-refractivity contribution in [3.8, 4) is 5.75 Å². The van der Waals surface area contributed by atoms with Crippen LogP contribution in [0.3, 0.4) is 0 Å². The molecule has 126 heavy (non-hydrogen) atoms. The average Bonchev–Trinajstić information content (AvgIpc) is 1.68. The third-order valence-electron chi connectivity index (χ3n) is 20.2. The number of amides is 14. The van der Waals surface area contributed by atoms with Gasteiger partial charge >= 0.3 is 17.9 Å². The molecule has 1 aliphatic heterocycles. The molecule has 16 atom stereocenters. The standard InChI is InChI=1S/C81H139N23O22/c1-41(2)37-50(84)67(113)99-57(38-42(3)4)73(119)100-58(39-43(5)6)72(118)94-52(20-13-15-33-83)71(117)101-59(40-48-24-26-49(106)27-25-48)74(120)95-53(21-16-34-89-80(85)86)69(115)91-45(9)65(111)93-54(22-17-35-90-81(87)88)70(116)97-55(28-30-61(107)108)78(124)104-36-18-23-60(104)75(121)102-63(44(7)8)76(122)103-64(47(11)105)77(123)96-51(19-12-14-32-82)68(114)92-46(10)66(112)98-56(79(125)126)29-31-62(109)110/h24-27,41-47,50-60,63-64,105-106H,12-23,28-40,82-84H2,1-11H3,(H,91,115)(H,92,114)(H,93,111)(H,94,118)(H,95,120)(H,96,123)(H,97,116)(H,98,112)(H,99,113)(H,100,119)(H,101,117)(H,102,121)(H,103,122)(H,107,108)(H,109,110)(H,125,126)(H4,85,86,89)(H4,87,88,90)/t45-,46-,47+,50-,51-,52-,53-,54-,55-,56-,57-,58-,59-,60-,63-,64-/m0/s1. The molecule has 0 unspecified atom stereocenters. The summed E-state index contributed by atoms with van der Waals surface area (Å²) in [5.74, 6) is -19.0. The maximum atomic E-state index is 14.9. The summed E-state index contributed by atoms with van der Waals surface area (Å²) in [6.07, 6.45) is -3.01. The van der Waals surface area contributed by atoms with E-state index < -0.39 is 229 Å². The van der Waals surface area contributed by atoms with E-state index in [0.717, 1.165) is 11.8 Å². The molecule has 1 aliphatic rings. The fourth-order valence-corrected chi connectivity index (χ4v) is 13.4. The van der Waals surface area contributed by atoms with Crippen LogP contribution in [0, 0.1) is 23.7 Å². The number of phenolic OH excluding ortho intramolecular Hbond substituents is 1. The van der Waals surface area contributed by atoms with Crippen molar-refractivity contribution in [3.05, 3.63) is 29.8 Å². The van der Waals surface area contributed by atoms with Gasteiger partial charge < -0.3 is 140 Å². The van der Waals surface area contributed by atoms with Crippen molar-refractivity contribution in [2.24, 2.45) is 73.8 Å². The molecule has 1 heterocycles. The summed E-state index contributed by atoms with van der Waals surface area (Å²) in [7, 11) is 0. The number of aromatic hydroxyl groups is 1. The molecule has 0 saturated carbocycles. The molecule has 1 aromatic rings. The van der Waals surface area contributed by atoms with Crippen LogP contribution in [-0.2, 0) is 87.9 Å². The minimum absolute atomic E-state index is 0.0123. The Balaban J connectivity index is 2.58. The van der Waals surface area contributed by atoms with E-state index in [1.165, 1.54) is 52.0 Å². The Bertz CT molecular complexity index is 3840. The largest absolute Gasteiger partial charge is 0.508 e. The van der Waals surface area contributed by atoms with Gasteiger partial charge in [-0.25, -0.2) is 4.79 Å². The fraction of sp³-hybridized carbons (Fsp3) is 0.691. The molecule has 1 aromatic carbocycles. The number of rotatable bonds is 60. The second kappa shape index (κ2) is 57.1. The van der Waals surface area contributed by atoms with E-state index in [1.807, 2.05) is 41.5 Å². The van der Waals surface area contributed by atoms with E-state index in [4.69, 9.17) is 45.2 Å². The van der Waals surface area contributed by atoms with E-state index in [0.29, 0.717) is 24.8 Å². The highest BCUT2D eigenvalue weighted by Gasteiger charge is 2.43. The lowest BCUT2D eigenvalue weighted by Crippen LogP contribution is -2.62. The second-order valence-corrected chi connectivity index (χ2v) is 33.2. The molecule has 32 N–H and O–H groups in total. The summed E-state index contributed by atoms with van der Waals surface area (Å²) in [5.41, 5.74) is 40.6. The van der Waals surface area contributed by atoms with Crippen LogP contribution < -0.4 is 109 Å². The van der Waals surface area contributed by atoms with Gasteiger partial charge in [-0.05, 0) is 184 Å². The lowest BCUT2D eigenvalue weighted by molar-refractivity contribution is -0.144. The van der Waals surface area contributed by atoms with Gasteiger partial charge in [0.1, 0.15) is 90.3 Å². The minimum atomic E-state index is -1.82. The number of nitrogens with one attached hydrogen (secondary N) is 13. The van der Waals surface area contributed by atoms with Gasteiger partial charge in [-0.3, -0.25) is 86.7 Å². The van der Waals surface area contributed by atoms with E-state index >= 15 is 0 Å². The first-order valence-corrected chi connectivity index (χ1v) is 42.8. The maximum Gasteiger partial charge on any atom is 0.326 e. The van der Waals surface area contributed by atoms with Gasteiger partial charge in [-0.2, -0.15) is 0 Å². The van der Waals surface area contributed by atoms with Crippen molar-refractivity contribution in [2.45, 2.75) is 301 Å². The number of hydrogen-bond acceptors (Lipinski definition) is 24. The first-order chi connectivity index (χ1) is 59.1. The van der Waals surface area contributed by atoms with Crippen molar-refractivity contribution >= 4 is 113 Å². The molecule has 1 fully saturated rings. The number of carboxylic acid groups (broad SMARTS) is 3. The molecule has 0 aromatic heterocycles. The SMILES string of the molecule is CC(C)C[C@H](NC(=O)[C@H](CC(C)C)NC(=O)[C@@H](N)CC(C)C)C(=O)N[C@@H](CCCCN)C(=O)N[C@@H](Cc1ccc(O)cc1)C(=O)N[C@@H](CCCN=C(N)N)C(=O)N[C@@H](C)C(=O)N[C@@H](CCCN=C(N)N)C(=O)N[C@@H](CCC(=O)O)C(=O)N1CCC[C@H]1C(=O)N[C@H](C(=O)N[C@H](C(=O)N[C@@H](CCCCN)C(=O)N[C@@H](C)C(=O)N[C@@H](CCC(=O)O)C(=O)O)[C@@H](C)O)C(C)C. The van der Waals surface area contributed by atoms with Crippen molar-refractivity contribution in [3.63, 3.8) is 0 Å². The lowest BCUT2D eigenvalue weighted by atomic mass is 9.98. The van der Waals surface area contributed by atoms with Gasteiger partial charge in [0.25, 0.3) is 0 Å². The first-order valence-electron chi connectivity index (χ1n) is 42.8. The van der Waals surface area contributed by atoms with Gasteiger partial charge in [0.15, 0.2) is 11.9 Å². The molecule has 0 radical (unpaired) electrons. The Morgan fingerprint density at radius 1 is 0.413 bits per heavy atom. The number of hydrogen-bond donors (Lipinski definition) is 25. The molecule has 14 amide bonds. The summed E-state index contributed by atoms with van der Waals surface area (Å²) < 4.78 is 0. The van der Waals surface area contributed by atoms with Crippen LogP contribution in [0.4, 0.5) is 0 Å². The van der Waals surface area contributed by atoms with Gasteiger partial charge in [-0.1, -0.05) is 67.5 Å². The van der Waals surface area contributed by atoms with Gasteiger partial charge in [0.2, 0.25) is 82.7 Å². The summed E-state index contributed by atoms with van der Waals surface area (Å²) in [4.78, 5) is 244. The van der Waals surface area contributed by atoms with Crippen molar-refractivity contribution < 1.29 is 107 Å². The molecule has 0 bridgehead atoms. The number of aliphatic imine (C=N–C) groups is 2. The molecule has 1 saturated heterocycles. The van der Waals surface area contributed by atoms with E-state index in [9.17, 15) is 102 Å². The fourth-order valence-electron chi connectivity index (χ4n) is 13.4. The number of nitrogens with two attached hydrogens (primary N) is 7. The number of aliphatic carboxylic acids is 3. The van der Waals surface area contributed by atoms with Crippen LogP contribution in [-0.4, -0.2) is 272 Å². The Morgan fingerprint density at radius 2 is 0.778 bits per heavy atom. The lowest BCUT2D eigenvalue weighted by Gasteiger charge is -2.32. The predicted octanol–water partition coefficient (Wildman–Crippen LogP) is -5.05. The number of unbranched alkanes of at least 4 members (excludes halogenated alkanes) is 2. The van der Waals surface area contributed by atoms with Crippen molar-refractivity contribution in [2.75, 3.05) is 32.7 Å². The number of aliphatic hydroxyl groups is 1. The Morgan fingerprint density at radius 3 is 1.19 bits per heavy atom. The monoisotopic (exact) mass is 1790 g/mol. The Kier molecular flexibility index (Phi) is 50.1. The number of nitrogens with zero attached hydrogens (tertiary/aromatic N) is 3. The highest BCUT2D eigenvalue weighted by Crippen LogP contribution is 2.23. The Labute approximate surface area is 734 Å². The normalized spacial score (nSPS) is 16.1. The summed E-state index contributed by atoms with van der Waals surface area (Å²) in [6.45, 7) is 17.7. The number of aliphatic hydroxyl groups excluding tert-OH is 1. The molecule has 0 spiro atoms. The van der Waals surface area contributed by atoms with Crippen LogP contribution in [0.1, 0.15) is 204 Å². The number of carboxylic acids is 3. The molecule has 2 rings (SSSR count). The van der Waals surface area contributed by atoms with Crippen LogP contribution in [0.15, 0.2) is 34.3 Å². The van der Waals surface area contributed by atoms with Gasteiger partial charge in [-0.15, -0.1) is 0 Å². The molecule has 710 valence electrons. The average molecular weight is 1790 g/mol. The first kappa shape index (κ1) is 110. The minimum Gasteiger partial charge on any atom is -0.508 e. The smallest absolute Gasteiger partial charge is 0.326 e. The zero-order valence-corrected chi connectivity index (χ0v) is 74.1. The van der Waals surface area contributed by atoms with Crippen LogP contribution in [0.5, 0.6) is 5.75 Å². The van der Waals surface area contributed by atoms with Gasteiger partial charge in [0, 0.05) is 38.9 Å². The Hall–Kier alpha value is -11.6. The number of likely N-dealkylation sites (tertiary alicyclic amines) is 1. The number of benzene rings is 1. The van der Waals surface area contributed by atoms with E-state index in [-0.39, 0.29) is 152 Å². The highest BCUT2D eigenvalue weighted by molar-refractivity contribution is 6.01. The van der Waals surface area contributed by atoms with E-state index in [1.54, 1.807) is 0 Å². The van der Waals surface area contributed by atoms with Crippen LogP contribution >= 0.6 is 0 Å².